The zero-order chi connectivity index (χ0) is 18.5. The molecule has 0 spiro atoms. The van der Waals surface area contributed by atoms with Crippen molar-refractivity contribution >= 4 is 34.4 Å². The van der Waals surface area contributed by atoms with E-state index >= 15 is 0 Å². The molecule has 9 heteroatoms. The van der Waals surface area contributed by atoms with E-state index in [-0.39, 0.29) is 27.8 Å². The lowest BCUT2D eigenvalue weighted by atomic mass is 10.1. The second-order valence-electron chi connectivity index (χ2n) is 5.56. The van der Waals surface area contributed by atoms with E-state index in [9.17, 15) is 19.5 Å². The van der Waals surface area contributed by atoms with Gasteiger partial charge in [-0.05, 0) is 26.8 Å². The summed E-state index contributed by atoms with van der Waals surface area (Å²) in [5.41, 5.74) is -0.962. The molecule has 2 amide bonds. The minimum absolute atomic E-state index is 0.133. The average Bonchev–Trinajstić information content (AvgIpc) is 2.41. The fourth-order valence-electron chi connectivity index (χ4n) is 1.63. The maximum absolute atomic E-state index is 11.7. The van der Waals surface area contributed by atoms with Crippen LogP contribution in [0, 0.1) is 11.3 Å². The number of rotatable bonds is 3. The van der Waals surface area contributed by atoms with Gasteiger partial charge in [0.1, 0.15) is 29.3 Å². The third kappa shape index (κ3) is 5.24. The van der Waals surface area contributed by atoms with Crippen LogP contribution in [0.3, 0.4) is 0 Å². The Morgan fingerprint density at radius 2 is 2.04 bits per heavy atom. The molecular weight excluding hydrogens is 384 g/mol. The number of carbonyl (C=O) groups excluding carboxylic acids is 3. The lowest BCUT2D eigenvalue weighted by Crippen LogP contribution is -2.37. The van der Waals surface area contributed by atoms with Crippen LogP contribution in [0.2, 0.25) is 0 Å². The van der Waals surface area contributed by atoms with Crippen LogP contribution in [0.5, 0.6) is 11.5 Å². The summed E-state index contributed by atoms with van der Waals surface area (Å²) in [7, 11) is 0. The maximum atomic E-state index is 11.7. The van der Waals surface area contributed by atoms with Gasteiger partial charge in [-0.2, -0.15) is 5.26 Å². The molecule has 0 aliphatic carbocycles. The fourth-order valence-corrected chi connectivity index (χ4v) is 2.19. The Hall–Kier alpha value is -2.60. The number of amides is 2. The Balaban J connectivity index is 2.99. The van der Waals surface area contributed by atoms with Gasteiger partial charge in [-0.15, -0.1) is 0 Å². The maximum Gasteiger partial charge on any atom is 0.422 e. The predicted octanol–water partition coefficient (Wildman–Crippen LogP) is 2.79. The van der Waals surface area contributed by atoms with Crippen LogP contribution >= 0.6 is 15.9 Å². The molecule has 0 aromatic heterocycles. The van der Waals surface area contributed by atoms with E-state index in [1.165, 1.54) is 6.07 Å². The summed E-state index contributed by atoms with van der Waals surface area (Å²) in [6, 6.07) is 2.92. The van der Waals surface area contributed by atoms with Crippen molar-refractivity contribution in [3.63, 3.8) is 0 Å². The minimum Gasteiger partial charge on any atom is -0.506 e. The molecule has 0 aliphatic heterocycles. The van der Waals surface area contributed by atoms with Gasteiger partial charge >= 0.3 is 12.2 Å². The van der Waals surface area contributed by atoms with Crippen LogP contribution in [0.25, 0.3) is 0 Å². The molecule has 0 bridgehead atoms. The highest BCUT2D eigenvalue weighted by atomic mass is 79.9. The van der Waals surface area contributed by atoms with Crippen LogP contribution in [-0.4, -0.2) is 29.2 Å². The Kier molecular flexibility index (Phi) is 6.31. The molecule has 1 aromatic carbocycles. The van der Waals surface area contributed by atoms with Crippen LogP contribution in [0.15, 0.2) is 10.5 Å². The van der Waals surface area contributed by atoms with E-state index in [0.29, 0.717) is 6.29 Å². The van der Waals surface area contributed by atoms with Crippen molar-refractivity contribution < 1.29 is 29.0 Å². The highest BCUT2D eigenvalue weighted by Gasteiger charge is 2.22. The number of phenolic OH excluding ortho intramolecular Hbond substituents is 1. The number of imide groups is 1. The first-order valence-electron chi connectivity index (χ1n) is 6.69. The molecule has 8 nitrogen and oxygen atoms in total. The number of aldehydes is 1. The third-order valence-electron chi connectivity index (χ3n) is 2.52. The molecule has 0 radical (unpaired) electrons. The van der Waals surface area contributed by atoms with Gasteiger partial charge in [-0.3, -0.25) is 0 Å². The van der Waals surface area contributed by atoms with Crippen molar-refractivity contribution in [2.45, 2.75) is 32.8 Å². The second kappa shape index (κ2) is 7.79. The van der Waals surface area contributed by atoms with Crippen LogP contribution < -0.4 is 10.1 Å². The Labute approximate surface area is 146 Å². The number of aromatic hydroxyl groups is 1. The Morgan fingerprint density at radius 3 is 2.54 bits per heavy atom. The highest BCUT2D eigenvalue weighted by molar-refractivity contribution is 9.10. The highest BCUT2D eigenvalue weighted by Crippen LogP contribution is 2.36. The first-order chi connectivity index (χ1) is 11.1. The summed E-state index contributed by atoms with van der Waals surface area (Å²) < 4.78 is 10.0. The number of carbonyl (C=O) groups is 3. The van der Waals surface area contributed by atoms with Crippen molar-refractivity contribution in [3.8, 4) is 17.6 Å². The number of ether oxygens (including phenoxy) is 2. The Morgan fingerprint density at radius 1 is 1.42 bits per heavy atom. The summed E-state index contributed by atoms with van der Waals surface area (Å²) in [6.45, 7) is 4.85. The molecule has 0 fully saturated rings. The van der Waals surface area contributed by atoms with E-state index < -0.39 is 23.5 Å². The van der Waals surface area contributed by atoms with Gasteiger partial charge < -0.3 is 19.4 Å². The van der Waals surface area contributed by atoms with Crippen molar-refractivity contribution in [1.82, 2.24) is 5.32 Å². The number of hydrogen-bond acceptors (Lipinski definition) is 7. The van der Waals surface area contributed by atoms with Crippen LogP contribution in [-0.2, 0) is 16.0 Å². The molecular formula is C15H15BrN2O6. The first-order valence-corrected chi connectivity index (χ1v) is 7.48. The molecule has 128 valence electrons. The van der Waals surface area contributed by atoms with Gasteiger partial charge in [-0.25, -0.2) is 14.9 Å². The van der Waals surface area contributed by atoms with Gasteiger partial charge in [0.25, 0.3) is 0 Å². The van der Waals surface area contributed by atoms with Crippen molar-refractivity contribution in [2.75, 3.05) is 0 Å². The molecule has 1 rings (SSSR count). The lowest BCUT2D eigenvalue weighted by Gasteiger charge is -2.19. The van der Waals surface area contributed by atoms with E-state index in [4.69, 9.17) is 14.7 Å². The number of halogens is 1. The minimum atomic E-state index is -1.19. The van der Waals surface area contributed by atoms with E-state index in [0.717, 1.165) is 0 Å². The smallest absolute Gasteiger partial charge is 0.422 e. The summed E-state index contributed by atoms with van der Waals surface area (Å²) >= 11 is 3.11. The molecule has 0 aliphatic rings. The van der Waals surface area contributed by atoms with Gasteiger partial charge in [0, 0.05) is 16.5 Å². The third-order valence-corrected chi connectivity index (χ3v) is 3.23. The SMILES string of the molecule is CC(C)(C)OC(=O)NC(=O)Oc1cc(Br)c(CC=O)c(O)c1C#N. The van der Waals surface area contributed by atoms with Crippen LogP contribution in [0.4, 0.5) is 9.59 Å². The zero-order valence-corrected chi connectivity index (χ0v) is 14.8. The number of phenols is 1. The number of nitrogens with zero attached hydrogens (tertiary/aromatic N) is 1. The topological polar surface area (TPSA) is 126 Å². The van der Waals surface area contributed by atoms with Crippen molar-refractivity contribution in [2.24, 2.45) is 0 Å². The van der Waals surface area contributed by atoms with Crippen molar-refractivity contribution in [1.29, 1.82) is 5.26 Å². The van der Waals surface area contributed by atoms with Gasteiger partial charge in [0.05, 0.1) is 0 Å². The van der Waals surface area contributed by atoms with E-state index in [2.05, 4.69) is 15.9 Å². The molecule has 2 N–H and O–H groups in total. The Bertz CT molecular complexity index is 718. The van der Waals surface area contributed by atoms with Crippen LogP contribution in [0.1, 0.15) is 31.9 Å². The number of benzene rings is 1. The van der Waals surface area contributed by atoms with E-state index in [1.807, 2.05) is 5.32 Å². The fraction of sp³-hybridized carbons (Fsp3) is 0.333. The largest absolute Gasteiger partial charge is 0.506 e. The van der Waals surface area contributed by atoms with Crippen molar-refractivity contribution in [3.05, 3.63) is 21.7 Å². The standard InChI is InChI=1S/C15H15BrN2O6/c1-15(2,3)24-14(22)18-13(21)23-11-6-10(16)8(4-5-19)12(20)9(11)7-17/h5-6,20H,4H2,1-3H3,(H,18,21,22). The number of nitriles is 1. The molecule has 0 unspecified atom stereocenters. The van der Waals surface area contributed by atoms with Gasteiger partial charge in [0.2, 0.25) is 0 Å². The van der Waals surface area contributed by atoms with E-state index in [1.54, 1.807) is 26.8 Å². The summed E-state index contributed by atoms with van der Waals surface area (Å²) in [4.78, 5) is 33.8. The molecule has 0 heterocycles. The monoisotopic (exact) mass is 398 g/mol. The summed E-state index contributed by atoms with van der Waals surface area (Å²) in [6.07, 6.45) is -1.79. The zero-order valence-electron chi connectivity index (χ0n) is 13.2. The van der Waals surface area contributed by atoms with Gasteiger partial charge in [-0.1, -0.05) is 15.9 Å². The summed E-state index contributed by atoms with van der Waals surface area (Å²) in [5, 5.41) is 21.0. The second-order valence-corrected chi connectivity index (χ2v) is 6.41. The first kappa shape index (κ1) is 19.4. The van der Waals surface area contributed by atoms with Gasteiger partial charge in [0.15, 0.2) is 5.75 Å². The predicted molar refractivity (Wildman–Crippen MR) is 85.7 cm³/mol. The molecule has 0 saturated carbocycles. The number of nitrogens with one attached hydrogen (secondary N) is 1. The lowest BCUT2D eigenvalue weighted by molar-refractivity contribution is -0.107. The average molecular weight is 399 g/mol. The molecule has 1 aromatic rings. The summed E-state index contributed by atoms with van der Waals surface area (Å²) in [5.74, 6) is -0.767. The number of hydrogen-bond donors (Lipinski definition) is 2. The number of alkyl carbamates (subject to hydrolysis) is 1. The molecule has 0 atom stereocenters. The molecule has 0 saturated heterocycles. The quantitative estimate of drug-likeness (QED) is 0.749. The normalized spacial score (nSPS) is 10.5. The molecule has 24 heavy (non-hydrogen) atoms.